The van der Waals surface area contributed by atoms with Crippen LogP contribution in [0.15, 0.2) is 18.2 Å². The van der Waals surface area contributed by atoms with Gasteiger partial charge in [-0.05, 0) is 50.5 Å². The van der Waals surface area contributed by atoms with E-state index in [0.717, 1.165) is 0 Å². The van der Waals surface area contributed by atoms with Gasteiger partial charge in [0, 0.05) is 12.1 Å². The van der Waals surface area contributed by atoms with Crippen LogP contribution < -0.4 is 16.8 Å². The number of halogens is 6. The molecular weight excluding hydrogens is 404 g/mol. The molecule has 5 N–H and O–H groups in total. The maximum atomic E-state index is 13.0. The second kappa shape index (κ2) is 7.77. The highest BCUT2D eigenvalue weighted by Crippen LogP contribution is 2.38. The van der Waals surface area contributed by atoms with Gasteiger partial charge in [0.2, 0.25) is 5.91 Å². The van der Waals surface area contributed by atoms with Crippen LogP contribution in [0.4, 0.5) is 26.3 Å². The van der Waals surface area contributed by atoms with Gasteiger partial charge in [0.1, 0.15) is 5.54 Å². The van der Waals surface area contributed by atoms with Crippen LogP contribution in [-0.2, 0) is 21.9 Å². The number of nitrogens with two attached hydrogens (primary N) is 2. The molecule has 164 valence electrons. The van der Waals surface area contributed by atoms with Gasteiger partial charge in [-0.3, -0.25) is 4.79 Å². The average Bonchev–Trinajstić information content (AvgIpc) is 2.60. The summed E-state index contributed by atoms with van der Waals surface area (Å²) in [5.74, 6) is -0.662. The monoisotopic (exact) mass is 427 g/mol. The zero-order valence-corrected chi connectivity index (χ0v) is 15.9. The van der Waals surface area contributed by atoms with Gasteiger partial charge in [0.25, 0.3) is 0 Å². The number of carbonyl (C=O) groups excluding carboxylic acids is 1. The molecule has 1 aromatic carbocycles. The Balaban J connectivity index is 2.15. The second-order valence-electron chi connectivity index (χ2n) is 7.73. The molecule has 0 aromatic heterocycles. The van der Waals surface area contributed by atoms with Gasteiger partial charge in [0.05, 0.1) is 23.8 Å². The van der Waals surface area contributed by atoms with E-state index in [-0.39, 0.29) is 31.2 Å². The first-order valence-corrected chi connectivity index (χ1v) is 8.81. The lowest BCUT2D eigenvalue weighted by molar-refractivity contribution is -0.143. The zero-order chi connectivity index (χ0) is 22.3. The topological polar surface area (TPSA) is 90.4 Å². The lowest BCUT2D eigenvalue weighted by atomic mass is 9.81. The van der Waals surface area contributed by atoms with Crippen molar-refractivity contribution in [2.75, 3.05) is 13.2 Å². The molecule has 5 nitrogen and oxygen atoms in total. The summed E-state index contributed by atoms with van der Waals surface area (Å²) in [6.07, 6.45) is -10.2. The van der Waals surface area contributed by atoms with Crippen molar-refractivity contribution in [1.29, 1.82) is 0 Å². The molecule has 1 amide bonds. The molecule has 3 unspecified atom stereocenters. The molecule has 0 bridgehead atoms. The Morgan fingerprint density at radius 3 is 2.03 bits per heavy atom. The summed E-state index contributed by atoms with van der Waals surface area (Å²) >= 11 is 0. The van der Waals surface area contributed by atoms with Crippen LogP contribution in [0.25, 0.3) is 0 Å². The van der Waals surface area contributed by atoms with Crippen molar-refractivity contribution in [3.05, 3.63) is 34.9 Å². The number of ether oxygens (including phenoxy) is 1. The van der Waals surface area contributed by atoms with Gasteiger partial charge < -0.3 is 21.5 Å². The summed E-state index contributed by atoms with van der Waals surface area (Å²) in [5, 5.41) is 3.03. The van der Waals surface area contributed by atoms with E-state index in [1.807, 2.05) is 0 Å². The zero-order valence-electron chi connectivity index (χ0n) is 15.9. The highest BCUT2D eigenvalue weighted by atomic mass is 19.4. The molecule has 1 aromatic rings. The molecule has 1 saturated heterocycles. The van der Waals surface area contributed by atoms with Gasteiger partial charge >= 0.3 is 12.4 Å². The van der Waals surface area contributed by atoms with E-state index in [0.29, 0.717) is 18.6 Å². The van der Waals surface area contributed by atoms with Gasteiger partial charge in [-0.1, -0.05) is 0 Å². The Morgan fingerprint density at radius 2 is 1.66 bits per heavy atom. The van der Waals surface area contributed by atoms with Gasteiger partial charge in [-0.25, -0.2) is 0 Å². The fourth-order valence-corrected chi connectivity index (χ4v) is 3.00. The maximum Gasteiger partial charge on any atom is 0.416 e. The SMILES string of the molecule is CC(OCC1(C)CCC(N)(C(N)=O)CN1)c1cc(C(F)(F)F)cc(C(F)(F)F)c1. The number of primary amides is 1. The van der Waals surface area contributed by atoms with Crippen LogP contribution in [0.3, 0.4) is 0 Å². The van der Waals surface area contributed by atoms with E-state index in [1.54, 1.807) is 6.92 Å². The van der Waals surface area contributed by atoms with Crippen molar-refractivity contribution in [2.45, 2.75) is 56.2 Å². The lowest BCUT2D eigenvalue weighted by Gasteiger charge is -2.42. The van der Waals surface area contributed by atoms with Gasteiger partial charge in [0.15, 0.2) is 0 Å². The van der Waals surface area contributed by atoms with Crippen LogP contribution >= 0.6 is 0 Å². The van der Waals surface area contributed by atoms with Crippen molar-refractivity contribution in [3.8, 4) is 0 Å². The number of hydrogen-bond donors (Lipinski definition) is 3. The van der Waals surface area contributed by atoms with E-state index in [2.05, 4.69) is 5.32 Å². The number of nitrogens with one attached hydrogen (secondary N) is 1. The molecule has 1 fully saturated rings. The van der Waals surface area contributed by atoms with Crippen LogP contribution in [0.5, 0.6) is 0 Å². The molecule has 29 heavy (non-hydrogen) atoms. The first-order chi connectivity index (χ1) is 13.1. The fourth-order valence-electron chi connectivity index (χ4n) is 3.00. The molecule has 1 aliphatic rings. The number of piperidine rings is 1. The van der Waals surface area contributed by atoms with Crippen LogP contribution in [0, 0.1) is 0 Å². The molecule has 0 radical (unpaired) electrons. The molecule has 0 saturated carbocycles. The van der Waals surface area contributed by atoms with Crippen molar-refractivity contribution >= 4 is 5.91 Å². The lowest BCUT2D eigenvalue weighted by Crippen LogP contribution is -2.66. The molecule has 1 aliphatic heterocycles. The summed E-state index contributed by atoms with van der Waals surface area (Å²) in [5.41, 5.74) is 6.25. The van der Waals surface area contributed by atoms with Crippen LogP contribution in [-0.4, -0.2) is 30.1 Å². The highest BCUT2D eigenvalue weighted by Gasteiger charge is 2.42. The molecular formula is C18H23F6N3O2. The van der Waals surface area contributed by atoms with Crippen LogP contribution in [0.2, 0.25) is 0 Å². The number of carbonyl (C=O) groups is 1. The maximum absolute atomic E-state index is 13.0. The molecule has 2 rings (SSSR count). The minimum absolute atomic E-state index is 0.0133. The second-order valence-corrected chi connectivity index (χ2v) is 7.73. The smallest absolute Gasteiger partial charge is 0.372 e. The Bertz CT molecular complexity index is 723. The standard InChI is InChI=1S/C18H23F6N3O2/c1-10(29-9-15(2)3-4-16(26,8-27-15)14(25)28)11-5-12(17(19,20)21)7-13(6-11)18(22,23)24/h5-7,10,27H,3-4,8-9,26H2,1-2H3,(H2,25,28). The van der Waals surface area contributed by atoms with E-state index >= 15 is 0 Å². The number of benzene rings is 1. The van der Waals surface area contributed by atoms with Crippen molar-refractivity contribution in [2.24, 2.45) is 11.5 Å². The molecule has 0 spiro atoms. The third-order valence-electron chi connectivity index (χ3n) is 5.18. The summed E-state index contributed by atoms with van der Waals surface area (Å²) in [7, 11) is 0. The third-order valence-corrected chi connectivity index (χ3v) is 5.18. The van der Waals surface area contributed by atoms with E-state index in [4.69, 9.17) is 16.2 Å². The van der Waals surface area contributed by atoms with E-state index < -0.39 is 46.6 Å². The largest absolute Gasteiger partial charge is 0.416 e. The minimum Gasteiger partial charge on any atom is -0.372 e. The van der Waals surface area contributed by atoms with E-state index in [9.17, 15) is 31.1 Å². The summed E-state index contributed by atoms with van der Waals surface area (Å²) in [6, 6.07) is 1.37. The van der Waals surface area contributed by atoms with Crippen molar-refractivity contribution < 1.29 is 35.9 Å². The Morgan fingerprint density at radius 1 is 1.14 bits per heavy atom. The number of alkyl halides is 6. The quantitative estimate of drug-likeness (QED) is 0.630. The molecule has 1 heterocycles. The average molecular weight is 427 g/mol. The normalized spacial score (nSPS) is 26.9. The molecule has 11 heteroatoms. The first-order valence-electron chi connectivity index (χ1n) is 8.81. The Kier molecular flexibility index (Phi) is 6.27. The Hall–Kier alpha value is -1.85. The van der Waals surface area contributed by atoms with Crippen molar-refractivity contribution in [3.63, 3.8) is 0 Å². The number of hydrogen-bond acceptors (Lipinski definition) is 4. The summed E-state index contributed by atoms with van der Waals surface area (Å²) in [4.78, 5) is 11.4. The predicted octanol–water partition coefficient (Wildman–Crippen LogP) is 3.13. The third kappa shape index (κ3) is 5.61. The first kappa shape index (κ1) is 23.4. The molecule has 3 atom stereocenters. The number of rotatable bonds is 5. The summed E-state index contributed by atoms with van der Waals surface area (Å²) < 4.78 is 83.6. The van der Waals surface area contributed by atoms with Gasteiger partial charge in [-0.2, -0.15) is 26.3 Å². The van der Waals surface area contributed by atoms with Crippen LogP contribution in [0.1, 0.15) is 49.5 Å². The van der Waals surface area contributed by atoms with Gasteiger partial charge in [-0.15, -0.1) is 0 Å². The predicted molar refractivity (Wildman–Crippen MR) is 92.6 cm³/mol. The molecule has 0 aliphatic carbocycles. The summed E-state index contributed by atoms with van der Waals surface area (Å²) in [6.45, 7) is 3.20. The van der Waals surface area contributed by atoms with Crippen molar-refractivity contribution in [1.82, 2.24) is 5.32 Å². The Labute approximate surface area is 163 Å². The highest BCUT2D eigenvalue weighted by molar-refractivity contribution is 5.84. The minimum atomic E-state index is -4.92. The fraction of sp³-hybridized carbons (Fsp3) is 0.611. The van der Waals surface area contributed by atoms with E-state index in [1.165, 1.54) is 6.92 Å². The number of amides is 1.